The van der Waals surface area contributed by atoms with Gasteiger partial charge in [0.25, 0.3) is 0 Å². The molecule has 1 aliphatic heterocycles. The van der Waals surface area contributed by atoms with E-state index in [2.05, 4.69) is 0 Å². The summed E-state index contributed by atoms with van der Waals surface area (Å²) in [5.74, 6) is -2.63. The summed E-state index contributed by atoms with van der Waals surface area (Å²) in [4.78, 5) is -0.903. The molecule has 0 saturated carbocycles. The Labute approximate surface area is 110 Å². The fourth-order valence-corrected chi connectivity index (χ4v) is 3.63. The lowest BCUT2D eigenvalue weighted by atomic mass is 10.2. The third kappa shape index (κ3) is 3.22. The molecule has 1 unspecified atom stereocenters. The first-order valence-corrected chi connectivity index (χ1v) is 7.64. The van der Waals surface area contributed by atoms with Gasteiger partial charge < -0.3 is 10.5 Å². The molecular weight excluding hydrogens is 276 g/mol. The number of anilines is 1. The number of benzene rings is 1. The van der Waals surface area contributed by atoms with Crippen LogP contribution < -0.4 is 5.73 Å². The summed E-state index contributed by atoms with van der Waals surface area (Å²) >= 11 is 0. The van der Waals surface area contributed by atoms with Crippen LogP contribution in [0.1, 0.15) is 19.3 Å². The molecular formula is C12H15F2NO3S. The van der Waals surface area contributed by atoms with Crippen LogP contribution in [0.15, 0.2) is 17.0 Å². The van der Waals surface area contributed by atoms with E-state index in [4.69, 9.17) is 10.5 Å². The Balaban J connectivity index is 2.19. The van der Waals surface area contributed by atoms with Crippen molar-refractivity contribution < 1.29 is 21.9 Å². The second-order valence-corrected chi connectivity index (χ2v) is 6.60. The monoisotopic (exact) mass is 291 g/mol. The Hall–Kier alpha value is -1.21. The second kappa shape index (κ2) is 5.42. The molecule has 1 aromatic carbocycles. The van der Waals surface area contributed by atoms with Crippen molar-refractivity contribution in [3.05, 3.63) is 23.8 Å². The van der Waals surface area contributed by atoms with Crippen LogP contribution in [0.25, 0.3) is 0 Å². The van der Waals surface area contributed by atoms with Gasteiger partial charge in [-0.05, 0) is 31.4 Å². The smallest absolute Gasteiger partial charge is 0.184 e. The molecule has 106 valence electrons. The van der Waals surface area contributed by atoms with Crippen LogP contribution in [0.5, 0.6) is 0 Å². The molecule has 0 amide bonds. The first kappa shape index (κ1) is 14.2. The van der Waals surface area contributed by atoms with Crippen molar-refractivity contribution in [2.24, 2.45) is 0 Å². The van der Waals surface area contributed by atoms with Gasteiger partial charge in [0, 0.05) is 12.3 Å². The topological polar surface area (TPSA) is 69.4 Å². The highest BCUT2D eigenvalue weighted by atomic mass is 32.2. The number of halogens is 2. The highest BCUT2D eigenvalue weighted by Crippen LogP contribution is 2.25. The standard InChI is InChI=1S/C12H15F2NO3S/c13-10-6-8(15)7-11(14)12(10)19(16,17)5-3-9-2-1-4-18-9/h6-7,9H,1-5,15H2. The van der Waals surface area contributed by atoms with Crippen molar-refractivity contribution in [3.63, 3.8) is 0 Å². The van der Waals surface area contributed by atoms with Gasteiger partial charge in [-0.25, -0.2) is 17.2 Å². The summed E-state index contributed by atoms with van der Waals surface area (Å²) in [5, 5.41) is 0. The van der Waals surface area contributed by atoms with Crippen molar-refractivity contribution in [1.29, 1.82) is 0 Å². The van der Waals surface area contributed by atoms with Crippen molar-refractivity contribution >= 4 is 15.5 Å². The Bertz CT molecular complexity index is 545. The summed E-state index contributed by atoms with van der Waals surface area (Å²) in [6, 6.07) is 1.62. The van der Waals surface area contributed by atoms with E-state index in [-0.39, 0.29) is 24.0 Å². The van der Waals surface area contributed by atoms with Gasteiger partial charge in [0.05, 0.1) is 11.9 Å². The zero-order valence-electron chi connectivity index (χ0n) is 10.2. The maximum Gasteiger partial charge on any atom is 0.184 e. The van der Waals surface area contributed by atoms with Gasteiger partial charge in [0.15, 0.2) is 9.84 Å². The maximum atomic E-state index is 13.6. The van der Waals surface area contributed by atoms with E-state index in [1.807, 2.05) is 0 Å². The van der Waals surface area contributed by atoms with Gasteiger partial charge in [-0.3, -0.25) is 0 Å². The van der Waals surface area contributed by atoms with Crippen LogP contribution >= 0.6 is 0 Å². The Morgan fingerprint density at radius 3 is 2.47 bits per heavy atom. The quantitative estimate of drug-likeness (QED) is 0.860. The van der Waals surface area contributed by atoms with Crippen LogP contribution in [-0.4, -0.2) is 26.9 Å². The van der Waals surface area contributed by atoms with Gasteiger partial charge in [-0.1, -0.05) is 0 Å². The average Bonchev–Trinajstić information content (AvgIpc) is 2.77. The van der Waals surface area contributed by atoms with E-state index < -0.39 is 26.4 Å². The van der Waals surface area contributed by atoms with E-state index in [1.165, 1.54) is 0 Å². The molecule has 4 nitrogen and oxygen atoms in total. The van der Waals surface area contributed by atoms with Crippen molar-refractivity contribution in [1.82, 2.24) is 0 Å². The highest BCUT2D eigenvalue weighted by molar-refractivity contribution is 7.91. The molecule has 0 spiro atoms. The van der Waals surface area contributed by atoms with Gasteiger partial charge in [-0.15, -0.1) is 0 Å². The molecule has 0 radical (unpaired) electrons. The lowest BCUT2D eigenvalue weighted by Gasteiger charge is -2.11. The number of sulfone groups is 1. The van der Waals surface area contributed by atoms with E-state index in [1.54, 1.807) is 0 Å². The largest absolute Gasteiger partial charge is 0.399 e. The fourth-order valence-electron chi connectivity index (χ4n) is 2.14. The number of ether oxygens (including phenoxy) is 1. The average molecular weight is 291 g/mol. The molecule has 0 aliphatic carbocycles. The second-order valence-electron chi connectivity index (χ2n) is 4.56. The predicted octanol–water partition coefficient (Wildman–Crippen LogP) is 1.89. The summed E-state index contributed by atoms with van der Waals surface area (Å²) in [5.41, 5.74) is 5.11. The Kier molecular flexibility index (Phi) is 4.05. The molecule has 2 N–H and O–H groups in total. The van der Waals surface area contributed by atoms with Gasteiger partial charge in [0.1, 0.15) is 16.5 Å². The van der Waals surface area contributed by atoms with E-state index in [0.29, 0.717) is 6.61 Å². The van der Waals surface area contributed by atoms with E-state index in [9.17, 15) is 17.2 Å². The lowest BCUT2D eigenvalue weighted by Crippen LogP contribution is -2.17. The number of hydrogen-bond acceptors (Lipinski definition) is 4. The Morgan fingerprint density at radius 1 is 1.32 bits per heavy atom. The number of hydrogen-bond donors (Lipinski definition) is 1. The molecule has 19 heavy (non-hydrogen) atoms. The molecule has 1 saturated heterocycles. The summed E-state index contributed by atoms with van der Waals surface area (Å²) in [7, 11) is -4.01. The van der Waals surface area contributed by atoms with Crippen LogP contribution in [0, 0.1) is 11.6 Å². The molecule has 0 aromatic heterocycles. The summed E-state index contributed by atoms with van der Waals surface area (Å²) in [6.07, 6.45) is 1.76. The zero-order chi connectivity index (χ0) is 14.0. The minimum absolute atomic E-state index is 0.144. The van der Waals surface area contributed by atoms with Crippen molar-refractivity contribution in [2.45, 2.75) is 30.3 Å². The first-order chi connectivity index (χ1) is 8.90. The van der Waals surface area contributed by atoms with Gasteiger partial charge in [0.2, 0.25) is 0 Å². The van der Waals surface area contributed by atoms with Crippen LogP contribution in [0.4, 0.5) is 14.5 Å². The fraction of sp³-hybridized carbons (Fsp3) is 0.500. The number of nitrogens with two attached hydrogens (primary N) is 1. The maximum absolute atomic E-state index is 13.6. The minimum Gasteiger partial charge on any atom is -0.399 e. The predicted molar refractivity (Wildman–Crippen MR) is 66.4 cm³/mol. The highest BCUT2D eigenvalue weighted by Gasteiger charge is 2.26. The van der Waals surface area contributed by atoms with Crippen LogP contribution in [0.2, 0.25) is 0 Å². The first-order valence-electron chi connectivity index (χ1n) is 5.99. The lowest BCUT2D eigenvalue weighted by molar-refractivity contribution is 0.109. The van der Waals surface area contributed by atoms with E-state index in [0.717, 1.165) is 25.0 Å². The number of rotatable bonds is 4. The normalized spacial score (nSPS) is 19.8. The molecule has 2 rings (SSSR count). The molecule has 1 aliphatic rings. The molecule has 7 heteroatoms. The molecule has 1 heterocycles. The third-order valence-corrected chi connectivity index (χ3v) is 4.85. The minimum atomic E-state index is -4.01. The van der Waals surface area contributed by atoms with E-state index >= 15 is 0 Å². The van der Waals surface area contributed by atoms with Crippen molar-refractivity contribution in [3.8, 4) is 0 Å². The summed E-state index contributed by atoms with van der Waals surface area (Å²) < 4.78 is 56.4. The summed E-state index contributed by atoms with van der Waals surface area (Å²) in [6.45, 7) is 0.606. The number of nitrogen functional groups attached to an aromatic ring is 1. The third-order valence-electron chi connectivity index (χ3n) is 3.06. The van der Waals surface area contributed by atoms with Crippen LogP contribution in [0.3, 0.4) is 0 Å². The van der Waals surface area contributed by atoms with Gasteiger partial charge >= 0.3 is 0 Å². The molecule has 0 bridgehead atoms. The molecule has 1 fully saturated rings. The zero-order valence-corrected chi connectivity index (χ0v) is 11.1. The molecule has 1 aromatic rings. The SMILES string of the molecule is Nc1cc(F)c(S(=O)(=O)CCC2CCCO2)c(F)c1. The van der Waals surface area contributed by atoms with Crippen LogP contribution in [-0.2, 0) is 14.6 Å². The van der Waals surface area contributed by atoms with Crippen molar-refractivity contribution in [2.75, 3.05) is 18.1 Å². The Morgan fingerprint density at radius 2 is 1.95 bits per heavy atom. The van der Waals surface area contributed by atoms with Gasteiger partial charge in [-0.2, -0.15) is 0 Å². The molecule has 1 atom stereocenters.